The van der Waals surface area contributed by atoms with Gasteiger partial charge in [0, 0.05) is 33.8 Å². The third-order valence-electron chi connectivity index (χ3n) is 5.98. The van der Waals surface area contributed by atoms with Crippen molar-refractivity contribution in [2.24, 2.45) is 0 Å². The largest absolute Gasteiger partial charge is 0.384 e. The summed E-state index contributed by atoms with van der Waals surface area (Å²) in [6.07, 6.45) is -0.402. The Morgan fingerprint density at radius 3 is 2.45 bits per heavy atom. The van der Waals surface area contributed by atoms with Crippen LogP contribution in [0.15, 0.2) is 60.7 Å². The molecule has 0 saturated heterocycles. The van der Waals surface area contributed by atoms with Crippen LogP contribution in [0.1, 0.15) is 22.4 Å². The molecule has 1 amide bonds. The molecular weight excluding hydrogens is 543 g/mol. The van der Waals surface area contributed by atoms with Crippen molar-refractivity contribution < 1.29 is 22.4 Å². The molecule has 0 saturated carbocycles. The zero-order valence-electron chi connectivity index (χ0n) is 20.1. The number of benzene rings is 3. The first-order chi connectivity index (χ1) is 17.6. The molecule has 0 bridgehead atoms. The van der Waals surface area contributed by atoms with Crippen molar-refractivity contribution >= 4 is 52.2 Å². The first-order valence-corrected chi connectivity index (χ1v) is 11.7. The highest BCUT2D eigenvalue weighted by Crippen LogP contribution is 2.35. The molecule has 200 valence electrons. The van der Waals surface area contributed by atoms with Gasteiger partial charge in [-0.3, -0.25) is 4.79 Å². The van der Waals surface area contributed by atoms with E-state index in [1.54, 1.807) is 25.1 Å². The van der Waals surface area contributed by atoms with Crippen LogP contribution in [-0.2, 0) is 23.7 Å². The monoisotopic (exact) mass is 566 g/mol. The highest BCUT2D eigenvalue weighted by atomic mass is 35.5. The number of pyridine rings is 1. The molecule has 1 heterocycles. The first kappa shape index (κ1) is 29.0. The molecule has 38 heavy (non-hydrogen) atoms. The van der Waals surface area contributed by atoms with Crippen LogP contribution >= 0.6 is 24.0 Å². The second kappa shape index (κ2) is 11.9. The van der Waals surface area contributed by atoms with Gasteiger partial charge in [0.2, 0.25) is 5.91 Å². The Balaban J connectivity index is 0.00000400. The van der Waals surface area contributed by atoms with Crippen molar-refractivity contribution in [1.29, 1.82) is 0 Å². The number of carbonyl (C=O) groups is 1. The minimum absolute atomic E-state index is 0. The summed E-state index contributed by atoms with van der Waals surface area (Å²) in [4.78, 5) is 16.6. The van der Waals surface area contributed by atoms with Crippen LogP contribution in [0.5, 0.6) is 0 Å². The lowest BCUT2D eigenvalue weighted by molar-refractivity contribution is -0.120. The van der Waals surface area contributed by atoms with Crippen molar-refractivity contribution in [2.75, 3.05) is 17.6 Å². The number of aryl methyl sites for hydroxylation is 1. The molecule has 0 unspecified atom stereocenters. The fraction of sp³-hybridized carbons (Fsp3) is 0.185. The minimum atomic E-state index is -3.46. The van der Waals surface area contributed by atoms with Gasteiger partial charge in [-0.1, -0.05) is 41.9 Å². The summed E-state index contributed by atoms with van der Waals surface area (Å²) in [5, 5.41) is 5.19. The van der Waals surface area contributed by atoms with Crippen molar-refractivity contribution in [2.45, 2.75) is 25.8 Å². The van der Waals surface area contributed by atoms with Gasteiger partial charge in [-0.15, -0.1) is 12.4 Å². The normalized spacial score (nSPS) is 11.2. The Hall–Kier alpha value is -3.56. The van der Waals surface area contributed by atoms with Crippen LogP contribution in [0.2, 0.25) is 5.02 Å². The average Bonchev–Trinajstić information content (AvgIpc) is 2.86. The molecule has 0 atom stereocenters. The van der Waals surface area contributed by atoms with E-state index in [9.17, 15) is 9.18 Å². The van der Waals surface area contributed by atoms with Crippen LogP contribution in [0, 0.1) is 18.6 Å². The van der Waals surface area contributed by atoms with E-state index in [2.05, 4.69) is 15.6 Å². The number of nitrogens with zero attached hydrogens (tertiary/aromatic N) is 1. The van der Waals surface area contributed by atoms with E-state index in [0.29, 0.717) is 11.5 Å². The van der Waals surface area contributed by atoms with Gasteiger partial charge >= 0.3 is 0 Å². The van der Waals surface area contributed by atoms with E-state index in [-0.39, 0.29) is 46.0 Å². The molecule has 0 fully saturated rings. The molecule has 0 aliphatic rings. The maximum absolute atomic E-state index is 15.2. The van der Waals surface area contributed by atoms with Crippen LogP contribution in [0.25, 0.3) is 10.8 Å². The summed E-state index contributed by atoms with van der Waals surface area (Å²) in [6, 6.07) is 13.8. The van der Waals surface area contributed by atoms with Crippen LogP contribution in [-0.4, -0.2) is 17.4 Å². The van der Waals surface area contributed by atoms with E-state index >= 15 is 13.2 Å². The van der Waals surface area contributed by atoms with E-state index < -0.39 is 42.0 Å². The third kappa shape index (κ3) is 6.28. The number of fused-ring (bicyclic) bond motifs is 1. The Morgan fingerprint density at radius 2 is 1.74 bits per heavy atom. The zero-order valence-corrected chi connectivity index (χ0v) is 21.7. The molecule has 11 heteroatoms. The number of hydrogen-bond donors (Lipinski definition) is 3. The molecule has 4 aromatic rings. The van der Waals surface area contributed by atoms with Crippen molar-refractivity contribution in [3.05, 3.63) is 99.7 Å². The van der Waals surface area contributed by atoms with Gasteiger partial charge in [0.25, 0.3) is 5.92 Å². The molecule has 0 aliphatic heterocycles. The standard InChI is InChI=1S/C27H23ClF4N4O.ClH/c1-15-16(6-11-24(33)36-15)13-34-25(37)12-19-21(28)8-10-23(26(19)30)35-14-27(31,32)20-7-9-22(29)18-5-3-2-4-17(18)20;/h2-11,35H,12-14H2,1H3,(H2,33,36)(H,34,37);1H. The summed E-state index contributed by atoms with van der Waals surface area (Å²) in [7, 11) is 0. The predicted octanol–water partition coefficient (Wildman–Crippen LogP) is 6.54. The fourth-order valence-electron chi connectivity index (χ4n) is 3.99. The van der Waals surface area contributed by atoms with Crippen molar-refractivity contribution in [3.63, 3.8) is 0 Å². The number of nitrogens with one attached hydrogen (secondary N) is 2. The second-order valence-electron chi connectivity index (χ2n) is 8.52. The molecule has 4 N–H and O–H groups in total. The number of nitrogen functional groups attached to an aromatic ring is 1. The van der Waals surface area contributed by atoms with Gasteiger partial charge in [-0.2, -0.15) is 8.78 Å². The number of carbonyl (C=O) groups excluding carboxylic acids is 1. The summed E-state index contributed by atoms with van der Waals surface area (Å²) >= 11 is 6.12. The number of halogens is 6. The van der Waals surface area contributed by atoms with E-state index in [1.165, 1.54) is 30.3 Å². The third-order valence-corrected chi connectivity index (χ3v) is 6.34. The minimum Gasteiger partial charge on any atom is -0.384 e. The molecule has 4 rings (SSSR count). The van der Waals surface area contributed by atoms with E-state index in [1.807, 2.05) is 0 Å². The molecule has 0 aliphatic carbocycles. The van der Waals surface area contributed by atoms with Crippen LogP contribution in [0.4, 0.5) is 29.1 Å². The summed E-state index contributed by atoms with van der Waals surface area (Å²) in [5.74, 6) is -5.14. The molecule has 5 nitrogen and oxygen atoms in total. The number of alkyl halides is 2. The van der Waals surface area contributed by atoms with E-state index in [4.69, 9.17) is 17.3 Å². The number of rotatable bonds is 8. The Bertz CT molecular complexity index is 1480. The predicted molar refractivity (Wildman–Crippen MR) is 144 cm³/mol. The molecular formula is C27H24Cl2F4N4O. The number of aromatic nitrogens is 1. The topological polar surface area (TPSA) is 80.0 Å². The molecule has 0 spiro atoms. The maximum atomic E-state index is 15.2. The van der Waals surface area contributed by atoms with Gasteiger partial charge in [0.05, 0.1) is 18.7 Å². The first-order valence-electron chi connectivity index (χ1n) is 11.3. The van der Waals surface area contributed by atoms with E-state index in [0.717, 1.165) is 17.7 Å². The number of amides is 1. The maximum Gasteiger partial charge on any atom is 0.290 e. The van der Waals surface area contributed by atoms with Gasteiger partial charge in [-0.05, 0) is 48.2 Å². The molecule has 1 aromatic heterocycles. The second-order valence-corrected chi connectivity index (χ2v) is 8.93. The summed E-state index contributed by atoms with van der Waals surface area (Å²) < 4.78 is 59.5. The highest BCUT2D eigenvalue weighted by molar-refractivity contribution is 6.31. The van der Waals surface area contributed by atoms with Crippen molar-refractivity contribution in [3.8, 4) is 0 Å². The lowest BCUT2D eigenvalue weighted by Gasteiger charge is -2.21. The van der Waals surface area contributed by atoms with Gasteiger partial charge in [0.15, 0.2) is 5.82 Å². The van der Waals surface area contributed by atoms with Crippen LogP contribution < -0.4 is 16.4 Å². The average molecular weight is 567 g/mol. The highest BCUT2D eigenvalue weighted by Gasteiger charge is 2.34. The fourth-order valence-corrected chi connectivity index (χ4v) is 4.20. The summed E-state index contributed by atoms with van der Waals surface area (Å²) in [5.41, 5.74) is 6.24. The Morgan fingerprint density at radius 1 is 1.03 bits per heavy atom. The van der Waals surface area contributed by atoms with Gasteiger partial charge < -0.3 is 16.4 Å². The number of nitrogens with two attached hydrogens (primary N) is 1. The molecule has 3 aromatic carbocycles. The molecule has 0 radical (unpaired) electrons. The summed E-state index contributed by atoms with van der Waals surface area (Å²) in [6.45, 7) is 0.928. The smallest absolute Gasteiger partial charge is 0.290 e. The lowest BCUT2D eigenvalue weighted by atomic mass is 9.99. The Labute approximate surface area is 227 Å². The quantitative estimate of drug-likeness (QED) is 0.211. The zero-order chi connectivity index (χ0) is 26.7. The number of anilines is 2. The SMILES string of the molecule is Cc1nc(N)ccc1CNC(=O)Cc1c(Cl)ccc(NCC(F)(F)c2ccc(F)c3ccccc23)c1F.Cl. The van der Waals surface area contributed by atoms with Crippen LogP contribution in [0.3, 0.4) is 0 Å². The number of hydrogen-bond acceptors (Lipinski definition) is 4. The Kier molecular flexibility index (Phi) is 9.06. The van der Waals surface area contributed by atoms with Gasteiger partial charge in [-0.25, -0.2) is 13.8 Å². The lowest BCUT2D eigenvalue weighted by Crippen LogP contribution is -2.27. The van der Waals surface area contributed by atoms with Crippen molar-refractivity contribution in [1.82, 2.24) is 10.3 Å². The van der Waals surface area contributed by atoms with Gasteiger partial charge in [0.1, 0.15) is 11.6 Å².